The van der Waals surface area contributed by atoms with Crippen LogP contribution in [-0.4, -0.2) is 39.4 Å². The average molecular weight is 405 g/mol. The third kappa shape index (κ3) is 3.15. The Morgan fingerprint density at radius 2 is 1.83 bits per heavy atom. The first-order valence-electron chi connectivity index (χ1n) is 10.7. The summed E-state index contributed by atoms with van der Waals surface area (Å²) in [6.45, 7) is 9.77. The number of amides is 1. The molecule has 30 heavy (non-hydrogen) atoms. The Kier molecular flexibility index (Phi) is 4.17. The molecular formula is C24H28N4O2. The van der Waals surface area contributed by atoms with Gasteiger partial charge in [0.2, 0.25) is 5.71 Å². The van der Waals surface area contributed by atoms with Gasteiger partial charge in [-0.25, -0.2) is 9.97 Å². The second-order valence-electron chi connectivity index (χ2n) is 9.52. The molecule has 0 radical (unpaired) electrons. The maximum absolute atomic E-state index is 13.6. The zero-order chi connectivity index (χ0) is 21.1. The van der Waals surface area contributed by atoms with E-state index in [-0.39, 0.29) is 16.9 Å². The van der Waals surface area contributed by atoms with E-state index in [0.29, 0.717) is 34.8 Å². The zero-order valence-electron chi connectivity index (χ0n) is 18.1. The number of anilines is 1. The van der Waals surface area contributed by atoms with E-state index in [4.69, 9.17) is 4.42 Å². The standard InChI is InChI=1S/C24H28N4O2/c1-15-5-7-17(8-6-15)23(3)11-12-28(13-23)22(29)18-16(2)30-21-19(18)20(25-14-26-21)27-24(4)9-10-24/h5-8,14H,9-13H2,1-4H3,(H,25,26,27). The highest BCUT2D eigenvalue weighted by Gasteiger charge is 2.41. The Morgan fingerprint density at radius 3 is 2.53 bits per heavy atom. The number of nitrogens with one attached hydrogen (secondary N) is 1. The molecule has 3 aromatic rings. The number of carbonyl (C=O) groups is 1. The van der Waals surface area contributed by atoms with Crippen molar-refractivity contribution in [3.8, 4) is 0 Å². The molecule has 1 N–H and O–H groups in total. The molecule has 5 rings (SSSR count). The molecule has 2 aliphatic rings. The fourth-order valence-corrected chi connectivity index (χ4v) is 4.48. The number of furan rings is 1. The van der Waals surface area contributed by atoms with Crippen molar-refractivity contribution in [3.63, 3.8) is 0 Å². The number of aromatic nitrogens is 2. The molecule has 1 saturated heterocycles. The van der Waals surface area contributed by atoms with Crippen LogP contribution in [0.3, 0.4) is 0 Å². The van der Waals surface area contributed by atoms with Gasteiger partial charge < -0.3 is 14.6 Å². The van der Waals surface area contributed by atoms with Crippen LogP contribution in [0.1, 0.15) is 60.4 Å². The van der Waals surface area contributed by atoms with Crippen LogP contribution in [0.2, 0.25) is 0 Å². The van der Waals surface area contributed by atoms with Crippen molar-refractivity contribution >= 4 is 22.8 Å². The lowest BCUT2D eigenvalue weighted by molar-refractivity contribution is 0.0784. The molecular weight excluding hydrogens is 376 g/mol. The summed E-state index contributed by atoms with van der Waals surface area (Å²) in [4.78, 5) is 24.3. The van der Waals surface area contributed by atoms with Gasteiger partial charge in [0.25, 0.3) is 5.91 Å². The Hall–Kier alpha value is -2.89. The normalized spacial score (nSPS) is 22.5. The van der Waals surface area contributed by atoms with Crippen molar-refractivity contribution in [2.24, 2.45) is 0 Å². The van der Waals surface area contributed by atoms with Crippen LogP contribution in [-0.2, 0) is 5.41 Å². The quantitative estimate of drug-likeness (QED) is 0.688. The number of aryl methyl sites for hydroxylation is 2. The van der Waals surface area contributed by atoms with Crippen molar-refractivity contribution in [3.05, 3.63) is 53.0 Å². The molecule has 1 saturated carbocycles. The van der Waals surface area contributed by atoms with Crippen molar-refractivity contribution < 1.29 is 9.21 Å². The Bertz CT molecular complexity index is 1130. The summed E-state index contributed by atoms with van der Waals surface area (Å²) < 4.78 is 5.87. The Labute approximate surface area is 176 Å². The first kappa shape index (κ1) is 19.1. The monoisotopic (exact) mass is 404 g/mol. The number of carbonyl (C=O) groups excluding carboxylic acids is 1. The maximum Gasteiger partial charge on any atom is 0.258 e. The van der Waals surface area contributed by atoms with E-state index in [1.807, 2.05) is 11.8 Å². The molecule has 1 aliphatic carbocycles. The summed E-state index contributed by atoms with van der Waals surface area (Å²) >= 11 is 0. The molecule has 2 aromatic heterocycles. The number of hydrogen-bond donors (Lipinski definition) is 1. The van der Waals surface area contributed by atoms with Gasteiger partial charge in [0.15, 0.2) is 0 Å². The molecule has 1 amide bonds. The van der Waals surface area contributed by atoms with Crippen molar-refractivity contribution in [1.82, 2.24) is 14.9 Å². The van der Waals surface area contributed by atoms with Gasteiger partial charge in [-0.05, 0) is 45.6 Å². The van der Waals surface area contributed by atoms with Gasteiger partial charge in [-0.15, -0.1) is 0 Å². The van der Waals surface area contributed by atoms with Crippen molar-refractivity contribution in [1.29, 1.82) is 0 Å². The second kappa shape index (κ2) is 6.56. The van der Waals surface area contributed by atoms with Gasteiger partial charge in [-0.1, -0.05) is 36.8 Å². The number of hydrogen-bond acceptors (Lipinski definition) is 5. The third-order valence-electron chi connectivity index (χ3n) is 6.81. The largest absolute Gasteiger partial charge is 0.442 e. The first-order valence-corrected chi connectivity index (χ1v) is 10.7. The molecule has 156 valence electrons. The van der Waals surface area contributed by atoms with Crippen LogP contribution in [0, 0.1) is 13.8 Å². The van der Waals surface area contributed by atoms with Gasteiger partial charge in [0, 0.05) is 24.0 Å². The van der Waals surface area contributed by atoms with Gasteiger partial charge in [0.1, 0.15) is 17.9 Å². The third-order valence-corrected chi connectivity index (χ3v) is 6.81. The first-order chi connectivity index (χ1) is 14.3. The molecule has 1 atom stereocenters. The molecule has 0 bridgehead atoms. The lowest BCUT2D eigenvalue weighted by atomic mass is 9.81. The van der Waals surface area contributed by atoms with Crippen LogP contribution in [0.25, 0.3) is 11.1 Å². The minimum atomic E-state index is -0.0458. The van der Waals surface area contributed by atoms with E-state index in [1.54, 1.807) is 0 Å². The fourth-order valence-electron chi connectivity index (χ4n) is 4.48. The Morgan fingerprint density at radius 1 is 1.10 bits per heavy atom. The van der Waals surface area contributed by atoms with E-state index in [1.165, 1.54) is 17.5 Å². The summed E-state index contributed by atoms with van der Waals surface area (Å²) in [5, 5.41) is 4.21. The van der Waals surface area contributed by atoms with Crippen LogP contribution in [0.5, 0.6) is 0 Å². The van der Waals surface area contributed by atoms with Crippen LogP contribution >= 0.6 is 0 Å². The summed E-state index contributed by atoms with van der Waals surface area (Å²) in [5.41, 5.74) is 3.59. The number of benzene rings is 1. The van der Waals surface area contributed by atoms with E-state index in [0.717, 1.165) is 25.8 Å². The van der Waals surface area contributed by atoms with E-state index in [9.17, 15) is 4.79 Å². The van der Waals surface area contributed by atoms with Gasteiger partial charge in [0.05, 0.1) is 10.9 Å². The average Bonchev–Trinajstić information content (AvgIpc) is 3.14. The minimum Gasteiger partial charge on any atom is -0.442 e. The minimum absolute atomic E-state index is 0.000821. The Balaban J connectivity index is 1.48. The lowest BCUT2D eigenvalue weighted by Crippen LogP contribution is -2.33. The highest BCUT2D eigenvalue weighted by molar-refractivity contribution is 6.10. The van der Waals surface area contributed by atoms with Crippen LogP contribution < -0.4 is 5.32 Å². The summed E-state index contributed by atoms with van der Waals surface area (Å²) in [6, 6.07) is 8.67. The lowest BCUT2D eigenvalue weighted by Gasteiger charge is -2.25. The van der Waals surface area contributed by atoms with E-state index >= 15 is 0 Å². The van der Waals surface area contributed by atoms with Crippen molar-refractivity contribution in [2.75, 3.05) is 18.4 Å². The van der Waals surface area contributed by atoms with E-state index < -0.39 is 0 Å². The second-order valence-corrected chi connectivity index (χ2v) is 9.52. The fraction of sp³-hybridized carbons (Fsp3) is 0.458. The van der Waals surface area contributed by atoms with Crippen LogP contribution in [0.4, 0.5) is 5.82 Å². The predicted molar refractivity (Wildman–Crippen MR) is 117 cm³/mol. The molecule has 0 spiro atoms. The molecule has 2 fully saturated rings. The number of rotatable bonds is 4. The number of fused-ring (bicyclic) bond motifs is 1. The van der Waals surface area contributed by atoms with Gasteiger partial charge >= 0.3 is 0 Å². The number of nitrogens with zero attached hydrogens (tertiary/aromatic N) is 3. The predicted octanol–water partition coefficient (Wildman–Crippen LogP) is 4.61. The van der Waals surface area contributed by atoms with Crippen molar-refractivity contribution in [2.45, 2.75) is 57.9 Å². The molecule has 1 aromatic carbocycles. The molecule has 6 heteroatoms. The molecule has 6 nitrogen and oxygen atoms in total. The van der Waals surface area contributed by atoms with Gasteiger partial charge in [-0.2, -0.15) is 0 Å². The topological polar surface area (TPSA) is 71.3 Å². The van der Waals surface area contributed by atoms with E-state index in [2.05, 4.69) is 60.3 Å². The SMILES string of the molecule is Cc1ccc(C2(C)CCN(C(=O)c3c(C)oc4ncnc(NC5(C)CC5)c34)C2)cc1. The zero-order valence-corrected chi connectivity index (χ0v) is 18.1. The highest BCUT2D eigenvalue weighted by Crippen LogP contribution is 2.41. The van der Waals surface area contributed by atoms with Gasteiger partial charge in [-0.3, -0.25) is 4.79 Å². The number of likely N-dealkylation sites (tertiary alicyclic amines) is 1. The van der Waals surface area contributed by atoms with Crippen LogP contribution in [0.15, 0.2) is 35.0 Å². The molecule has 1 unspecified atom stereocenters. The molecule has 1 aliphatic heterocycles. The smallest absolute Gasteiger partial charge is 0.258 e. The molecule has 3 heterocycles. The summed E-state index contributed by atoms with van der Waals surface area (Å²) in [5.74, 6) is 1.30. The summed E-state index contributed by atoms with van der Waals surface area (Å²) in [7, 11) is 0. The summed E-state index contributed by atoms with van der Waals surface area (Å²) in [6.07, 6.45) is 4.63. The highest BCUT2D eigenvalue weighted by atomic mass is 16.3. The maximum atomic E-state index is 13.6.